The molecule has 27 heavy (non-hydrogen) atoms. The normalized spacial score (nSPS) is 20.0. The smallest absolute Gasteiger partial charge is 0.191 e. The number of methoxy groups -OCH3 is 1. The SMILES string of the molecule is CCNC(=NCc1cccc(OC)c1O)NC1CCN(C2CCCC2)CC1. The molecule has 3 rings (SSSR count). The summed E-state index contributed by atoms with van der Waals surface area (Å²) >= 11 is 0. The van der Waals surface area contributed by atoms with Gasteiger partial charge in [-0.1, -0.05) is 25.0 Å². The molecule has 1 aromatic rings. The van der Waals surface area contributed by atoms with Crippen molar-refractivity contribution in [3.63, 3.8) is 0 Å². The van der Waals surface area contributed by atoms with Crippen LogP contribution in [0.25, 0.3) is 0 Å². The molecule has 0 spiro atoms. The minimum atomic E-state index is 0.171. The van der Waals surface area contributed by atoms with Crippen LogP contribution < -0.4 is 15.4 Å². The van der Waals surface area contributed by atoms with Crippen molar-refractivity contribution in [1.29, 1.82) is 0 Å². The molecule has 1 aromatic carbocycles. The van der Waals surface area contributed by atoms with Gasteiger partial charge in [0.2, 0.25) is 0 Å². The lowest BCUT2D eigenvalue weighted by atomic mass is 10.0. The summed E-state index contributed by atoms with van der Waals surface area (Å²) < 4.78 is 5.18. The summed E-state index contributed by atoms with van der Waals surface area (Å²) in [5.41, 5.74) is 0.766. The largest absolute Gasteiger partial charge is 0.504 e. The summed E-state index contributed by atoms with van der Waals surface area (Å²) in [4.78, 5) is 7.36. The molecule has 150 valence electrons. The average Bonchev–Trinajstić information content (AvgIpc) is 3.22. The topological polar surface area (TPSA) is 69.1 Å². The third kappa shape index (κ3) is 5.28. The van der Waals surface area contributed by atoms with Crippen LogP contribution >= 0.6 is 0 Å². The number of nitrogens with zero attached hydrogens (tertiary/aromatic N) is 2. The predicted molar refractivity (Wildman–Crippen MR) is 109 cm³/mol. The zero-order chi connectivity index (χ0) is 19.1. The minimum absolute atomic E-state index is 0.171. The van der Waals surface area contributed by atoms with Crippen molar-refractivity contribution >= 4 is 5.96 Å². The Kier molecular flexibility index (Phi) is 7.21. The van der Waals surface area contributed by atoms with Crippen LogP contribution in [0.3, 0.4) is 0 Å². The number of phenolic OH excluding ortho intramolecular Hbond substituents is 1. The number of para-hydroxylation sites is 1. The van der Waals surface area contributed by atoms with Crippen molar-refractivity contribution < 1.29 is 9.84 Å². The van der Waals surface area contributed by atoms with Crippen molar-refractivity contribution in [1.82, 2.24) is 15.5 Å². The van der Waals surface area contributed by atoms with E-state index in [0.29, 0.717) is 18.3 Å². The average molecular weight is 375 g/mol. The van der Waals surface area contributed by atoms with Crippen LogP contribution in [-0.4, -0.2) is 54.8 Å². The van der Waals surface area contributed by atoms with Gasteiger partial charge in [-0.2, -0.15) is 0 Å². The molecule has 1 aliphatic carbocycles. The number of ether oxygens (including phenoxy) is 1. The molecule has 0 amide bonds. The Hall–Kier alpha value is -1.95. The predicted octanol–water partition coefficient (Wildman–Crippen LogP) is 2.86. The second-order valence-electron chi connectivity index (χ2n) is 7.56. The Morgan fingerprint density at radius 2 is 1.96 bits per heavy atom. The van der Waals surface area contributed by atoms with Crippen LogP contribution in [0.1, 0.15) is 51.0 Å². The van der Waals surface area contributed by atoms with Crippen LogP contribution in [0, 0.1) is 0 Å². The molecule has 0 aromatic heterocycles. The maximum Gasteiger partial charge on any atom is 0.191 e. The second kappa shape index (κ2) is 9.83. The maximum absolute atomic E-state index is 10.2. The summed E-state index contributed by atoms with van der Waals surface area (Å²) in [6.45, 7) is 5.66. The van der Waals surface area contributed by atoms with Gasteiger partial charge in [-0.25, -0.2) is 4.99 Å². The number of phenols is 1. The summed E-state index contributed by atoms with van der Waals surface area (Å²) in [6, 6.07) is 6.79. The number of aliphatic imine (C=N–C) groups is 1. The van der Waals surface area contributed by atoms with Gasteiger partial charge < -0.3 is 25.4 Å². The summed E-state index contributed by atoms with van der Waals surface area (Å²) in [5, 5.41) is 17.2. The van der Waals surface area contributed by atoms with Crippen molar-refractivity contribution in [2.45, 2.75) is 64.1 Å². The molecular weight excluding hydrogens is 340 g/mol. The highest BCUT2D eigenvalue weighted by Gasteiger charge is 2.27. The third-order valence-corrected chi connectivity index (χ3v) is 5.77. The maximum atomic E-state index is 10.2. The van der Waals surface area contributed by atoms with Crippen LogP contribution in [0.5, 0.6) is 11.5 Å². The first kappa shape index (κ1) is 19.8. The molecule has 0 atom stereocenters. The third-order valence-electron chi connectivity index (χ3n) is 5.77. The molecule has 1 saturated carbocycles. The van der Waals surface area contributed by atoms with Crippen molar-refractivity contribution in [2.75, 3.05) is 26.7 Å². The lowest BCUT2D eigenvalue weighted by Gasteiger charge is -2.36. The molecule has 6 nitrogen and oxygen atoms in total. The summed E-state index contributed by atoms with van der Waals surface area (Å²) in [6.07, 6.45) is 7.88. The highest BCUT2D eigenvalue weighted by Crippen LogP contribution is 2.30. The number of hydrogen-bond donors (Lipinski definition) is 3. The summed E-state index contributed by atoms with van der Waals surface area (Å²) in [7, 11) is 1.56. The number of guanidine groups is 1. The molecular formula is C21H34N4O2. The van der Waals surface area contributed by atoms with Crippen molar-refractivity contribution in [3.05, 3.63) is 23.8 Å². The van der Waals surface area contributed by atoms with Crippen LogP contribution in [0.4, 0.5) is 0 Å². The molecule has 1 saturated heterocycles. The Bertz CT molecular complexity index is 621. The molecule has 3 N–H and O–H groups in total. The minimum Gasteiger partial charge on any atom is -0.504 e. The van der Waals surface area contributed by atoms with Gasteiger partial charge in [0.05, 0.1) is 13.7 Å². The van der Waals surface area contributed by atoms with Crippen LogP contribution in [0.2, 0.25) is 0 Å². The van der Waals surface area contributed by atoms with Gasteiger partial charge in [-0.15, -0.1) is 0 Å². The van der Waals surface area contributed by atoms with Crippen molar-refractivity contribution in [3.8, 4) is 11.5 Å². The molecule has 0 unspecified atom stereocenters. The first-order valence-corrected chi connectivity index (χ1v) is 10.3. The molecule has 1 aliphatic heterocycles. The molecule has 2 fully saturated rings. The Morgan fingerprint density at radius 1 is 1.22 bits per heavy atom. The first-order chi connectivity index (χ1) is 13.2. The Labute approximate surface area is 163 Å². The van der Waals surface area contributed by atoms with Gasteiger partial charge in [-0.3, -0.25) is 0 Å². The zero-order valence-electron chi connectivity index (χ0n) is 16.7. The van der Waals surface area contributed by atoms with E-state index in [0.717, 1.165) is 37.0 Å². The first-order valence-electron chi connectivity index (χ1n) is 10.3. The van der Waals surface area contributed by atoms with Gasteiger partial charge in [0.1, 0.15) is 0 Å². The number of piperidine rings is 1. The number of rotatable bonds is 6. The van der Waals surface area contributed by atoms with E-state index in [1.807, 2.05) is 12.1 Å². The standard InChI is InChI=1S/C21H34N4O2/c1-3-22-21(23-15-16-7-6-10-19(27-2)20(16)26)24-17-11-13-25(14-12-17)18-8-4-5-9-18/h6-7,10,17-18,26H,3-5,8-9,11-15H2,1-2H3,(H2,22,23,24). The van der Waals surface area contributed by atoms with E-state index in [-0.39, 0.29) is 5.75 Å². The number of benzene rings is 1. The molecule has 6 heteroatoms. The van der Waals surface area contributed by atoms with E-state index in [9.17, 15) is 5.11 Å². The molecule has 0 bridgehead atoms. The molecule has 2 aliphatic rings. The molecule has 1 heterocycles. The van der Waals surface area contributed by atoms with Gasteiger partial charge in [0.25, 0.3) is 0 Å². The Morgan fingerprint density at radius 3 is 2.63 bits per heavy atom. The monoisotopic (exact) mass is 374 g/mol. The van der Waals surface area contributed by atoms with E-state index < -0.39 is 0 Å². The fourth-order valence-electron chi connectivity index (χ4n) is 4.22. The molecule has 0 radical (unpaired) electrons. The lowest BCUT2D eigenvalue weighted by molar-refractivity contribution is 0.150. The van der Waals surface area contributed by atoms with E-state index in [2.05, 4.69) is 27.4 Å². The fraction of sp³-hybridized carbons (Fsp3) is 0.667. The Balaban J connectivity index is 1.55. The van der Waals surface area contributed by atoms with Gasteiger partial charge in [-0.05, 0) is 38.7 Å². The van der Waals surface area contributed by atoms with Gasteiger partial charge in [0.15, 0.2) is 17.5 Å². The van der Waals surface area contributed by atoms with E-state index in [4.69, 9.17) is 4.74 Å². The van der Waals surface area contributed by atoms with E-state index in [1.165, 1.54) is 38.8 Å². The van der Waals surface area contributed by atoms with Crippen molar-refractivity contribution in [2.24, 2.45) is 4.99 Å². The van der Waals surface area contributed by atoms with Crippen LogP contribution in [0.15, 0.2) is 23.2 Å². The summed E-state index contributed by atoms with van der Waals surface area (Å²) in [5.74, 6) is 1.48. The van der Waals surface area contributed by atoms with E-state index in [1.54, 1.807) is 13.2 Å². The van der Waals surface area contributed by atoms with Gasteiger partial charge in [0, 0.05) is 37.3 Å². The zero-order valence-corrected chi connectivity index (χ0v) is 16.7. The number of hydrogen-bond acceptors (Lipinski definition) is 4. The quantitative estimate of drug-likeness (QED) is 0.528. The van der Waals surface area contributed by atoms with E-state index >= 15 is 0 Å². The highest BCUT2D eigenvalue weighted by atomic mass is 16.5. The lowest BCUT2D eigenvalue weighted by Crippen LogP contribution is -2.50. The van der Waals surface area contributed by atoms with Crippen LogP contribution in [-0.2, 0) is 6.54 Å². The highest BCUT2D eigenvalue weighted by molar-refractivity contribution is 5.80. The second-order valence-corrected chi connectivity index (χ2v) is 7.56. The number of likely N-dealkylation sites (tertiary alicyclic amines) is 1. The fourth-order valence-corrected chi connectivity index (χ4v) is 4.22. The number of aromatic hydroxyl groups is 1. The van der Waals surface area contributed by atoms with Gasteiger partial charge >= 0.3 is 0 Å². The number of nitrogens with one attached hydrogen (secondary N) is 2.